The Morgan fingerprint density at radius 1 is 0.905 bits per heavy atom. The summed E-state index contributed by atoms with van der Waals surface area (Å²) in [6.45, 7) is 18.2. The van der Waals surface area contributed by atoms with Crippen molar-refractivity contribution in [2.24, 2.45) is 23.7 Å². The summed E-state index contributed by atoms with van der Waals surface area (Å²) in [4.78, 5) is 27.5. The number of aliphatic hydroxyl groups is 2. The van der Waals surface area contributed by atoms with Crippen LogP contribution >= 0.6 is 0 Å². The minimum atomic E-state index is -2.04. The molecule has 0 bridgehead atoms. The van der Waals surface area contributed by atoms with E-state index in [-0.39, 0.29) is 17.9 Å². The van der Waals surface area contributed by atoms with E-state index in [1.807, 2.05) is 43.3 Å². The van der Waals surface area contributed by atoms with Gasteiger partial charge < -0.3 is 25.6 Å². The third-order valence-electron chi connectivity index (χ3n) is 7.98. The summed E-state index contributed by atoms with van der Waals surface area (Å²) in [6, 6.07) is 14.2. The lowest BCUT2D eigenvalue weighted by molar-refractivity contribution is -0.228. The van der Waals surface area contributed by atoms with Crippen LogP contribution in [0.15, 0.2) is 42.5 Å². The van der Waals surface area contributed by atoms with Crippen LogP contribution in [0.2, 0.25) is 0 Å². The molecule has 2 amide bonds. The van der Waals surface area contributed by atoms with E-state index in [2.05, 4.69) is 56.2 Å². The number of carbonyl (C=O) groups excluding carboxylic acids is 2. The Balaban J connectivity index is 1.74. The van der Waals surface area contributed by atoms with Crippen molar-refractivity contribution in [1.82, 2.24) is 10.2 Å². The molecule has 0 aliphatic rings. The number of hydrogen-bond acceptors (Lipinski definition) is 6. The fraction of sp³-hybridized carbons (Fsp3) is 0.647. The topological polar surface area (TPSA) is 111 Å². The van der Waals surface area contributed by atoms with Gasteiger partial charge in [0.2, 0.25) is 0 Å². The first-order valence-corrected chi connectivity index (χ1v) is 15.6. The van der Waals surface area contributed by atoms with E-state index in [1.165, 1.54) is 6.92 Å². The molecule has 42 heavy (non-hydrogen) atoms. The van der Waals surface area contributed by atoms with Crippen molar-refractivity contribution in [3.05, 3.63) is 42.5 Å². The molecule has 8 heteroatoms. The number of esters is 1. The predicted octanol–water partition coefficient (Wildman–Crippen LogP) is 6.41. The molecule has 2 aromatic rings. The van der Waals surface area contributed by atoms with Crippen LogP contribution in [-0.2, 0) is 9.53 Å². The molecule has 0 aromatic heterocycles. The Hall–Kier alpha value is -2.68. The lowest BCUT2D eigenvalue weighted by Gasteiger charge is -2.31. The molecule has 0 aliphatic heterocycles. The number of benzene rings is 2. The summed E-state index contributed by atoms with van der Waals surface area (Å²) >= 11 is 0. The third kappa shape index (κ3) is 12.3. The first kappa shape index (κ1) is 35.5. The molecule has 0 saturated carbocycles. The van der Waals surface area contributed by atoms with Gasteiger partial charge in [-0.1, -0.05) is 65.0 Å². The van der Waals surface area contributed by atoms with Crippen molar-refractivity contribution in [3.8, 4) is 0 Å². The maximum Gasteiger partial charge on any atom is 0.319 e. The zero-order valence-electron chi connectivity index (χ0n) is 27.0. The molecular weight excluding hydrogens is 530 g/mol. The second-order valence-corrected chi connectivity index (χ2v) is 12.9. The number of nitrogens with one attached hydrogen (secondary N) is 2. The highest BCUT2D eigenvalue weighted by molar-refractivity contribution is 5.93. The Kier molecular flexibility index (Phi) is 14.2. The highest BCUT2D eigenvalue weighted by Crippen LogP contribution is 2.26. The number of nitrogens with zero attached hydrogens (tertiary/aromatic N) is 1. The molecule has 0 fully saturated rings. The molecule has 0 spiro atoms. The zero-order chi connectivity index (χ0) is 31.4. The van der Waals surface area contributed by atoms with Crippen LogP contribution in [0.5, 0.6) is 0 Å². The van der Waals surface area contributed by atoms with Gasteiger partial charge in [0.1, 0.15) is 0 Å². The highest BCUT2D eigenvalue weighted by atomic mass is 16.6. The van der Waals surface area contributed by atoms with Gasteiger partial charge in [-0.05, 0) is 87.1 Å². The average molecular weight is 586 g/mol. The number of hydrogen-bond donors (Lipinski definition) is 4. The number of anilines is 1. The van der Waals surface area contributed by atoms with Gasteiger partial charge >= 0.3 is 12.0 Å². The van der Waals surface area contributed by atoms with Crippen LogP contribution in [-0.4, -0.2) is 64.7 Å². The van der Waals surface area contributed by atoms with Crippen molar-refractivity contribution >= 4 is 28.5 Å². The summed E-state index contributed by atoms with van der Waals surface area (Å²) < 4.78 is 5.38. The molecule has 8 nitrogen and oxygen atoms in total. The SMILES string of the molecule is CC[C@@H](OC(=O)C(C)C[C@H](C)C[C@@H](C)C[C@@H](C)CN(CCNC(=O)Nc1ccc2ccccc2c1)C(C)C)C(C)(O)O. The fourth-order valence-corrected chi connectivity index (χ4v) is 5.89. The Bertz CT molecular complexity index is 1120. The summed E-state index contributed by atoms with van der Waals surface area (Å²) in [5, 5.41) is 27.8. The van der Waals surface area contributed by atoms with Gasteiger partial charge in [0.15, 0.2) is 11.9 Å². The number of fused-ring (bicyclic) bond motifs is 1. The molecular formula is C34H55N3O5. The zero-order valence-corrected chi connectivity index (χ0v) is 27.0. The average Bonchev–Trinajstić information content (AvgIpc) is 2.89. The number of amides is 2. The number of rotatable bonds is 17. The number of carbonyl (C=O) groups is 2. The van der Waals surface area contributed by atoms with E-state index in [1.54, 1.807) is 6.92 Å². The second kappa shape index (κ2) is 16.8. The summed E-state index contributed by atoms with van der Waals surface area (Å²) in [5.41, 5.74) is 0.776. The quantitative estimate of drug-likeness (QED) is 0.126. The minimum Gasteiger partial charge on any atom is -0.456 e. The summed E-state index contributed by atoms with van der Waals surface area (Å²) in [5.74, 6) is -1.39. The monoisotopic (exact) mass is 585 g/mol. The lowest BCUT2D eigenvalue weighted by atomic mass is 9.85. The Morgan fingerprint density at radius 3 is 2.14 bits per heavy atom. The maximum absolute atomic E-state index is 12.5. The lowest BCUT2D eigenvalue weighted by Crippen LogP contribution is -2.42. The van der Waals surface area contributed by atoms with E-state index in [4.69, 9.17) is 4.74 Å². The fourth-order valence-electron chi connectivity index (χ4n) is 5.89. The van der Waals surface area contributed by atoms with Crippen LogP contribution < -0.4 is 10.6 Å². The molecule has 4 N–H and O–H groups in total. The Morgan fingerprint density at radius 2 is 1.52 bits per heavy atom. The van der Waals surface area contributed by atoms with Crippen molar-refractivity contribution in [2.75, 3.05) is 25.0 Å². The third-order valence-corrected chi connectivity index (χ3v) is 7.98. The molecule has 0 saturated heterocycles. The van der Waals surface area contributed by atoms with Crippen LogP contribution in [0.25, 0.3) is 10.8 Å². The standard InChI is InChI=1S/C34H55N3O5/c1-9-31(34(8,40)41)42-32(38)27(7)20-25(5)18-24(4)19-26(6)22-37(23(2)3)17-16-35-33(39)36-30-15-14-28-12-10-11-13-29(28)21-30/h10-15,21,23-27,31,40-41H,9,16-20,22H2,1-8H3,(H2,35,36,39)/t24-,25-,26-,27?,31-/m1/s1. The van der Waals surface area contributed by atoms with Crippen molar-refractivity contribution < 1.29 is 24.5 Å². The van der Waals surface area contributed by atoms with Crippen LogP contribution in [0.4, 0.5) is 10.5 Å². The predicted molar refractivity (Wildman–Crippen MR) is 171 cm³/mol. The molecule has 2 aromatic carbocycles. The van der Waals surface area contributed by atoms with Crippen molar-refractivity contribution in [1.29, 1.82) is 0 Å². The van der Waals surface area contributed by atoms with E-state index in [0.29, 0.717) is 43.2 Å². The highest BCUT2D eigenvalue weighted by Gasteiger charge is 2.33. The first-order valence-electron chi connectivity index (χ1n) is 15.6. The van der Waals surface area contributed by atoms with Crippen LogP contribution in [0.3, 0.4) is 0 Å². The maximum atomic E-state index is 12.5. The van der Waals surface area contributed by atoms with Crippen molar-refractivity contribution in [2.45, 2.75) is 99.0 Å². The van der Waals surface area contributed by atoms with Gasteiger partial charge in [-0.25, -0.2) is 4.79 Å². The molecule has 1 unspecified atom stereocenters. The number of ether oxygens (including phenoxy) is 1. The Labute approximate surface area is 253 Å². The van der Waals surface area contributed by atoms with Crippen LogP contribution in [0.1, 0.15) is 81.1 Å². The summed E-state index contributed by atoms with van der Waals surface area (Å²) in [7, 11) is 0. The smallest absolute Gasteiger partial charge is 0.319 e. The van der Waals surface area contributed by atoms with Gasteiger partial charge in [-0.15, -0.1) is 0 Å². The largest absolute Gasteiger partial charge is 0.456 e. The van der Waals surface area contributed by atoms with Gasteiger partial charge in [-0.2, -0.15) is 0 Å². The molecule has 0 heterocycles. The molecule has 5 atom stereocenters. The first-order chi connectivity index (χ1) is 19.7. The van der Waals surface area contributed by atoms with Gasteiger partial charge in [0.25, 0.3) is 0 Å². The molecule has 2 rings (SSSR count). The molecule has 0 radical (unpaired) electrons. The van der Waals surface area contributed by atoms with Gasteiger partial charge in [0, 0.05) is 31.4 Å². The van der Waals surface area contributed by atoms with E-state index in [9.17, 15) is 19.8 Å². The second-order valence-electron chi connectivity index (χ2n) is 12.9. The van der Waals surface area contributed by atoms with Crippen molar-refractivity contribution in [3.63, 3.8) is 0 Å². The van der Waals surface area contributed by atoms with E-state index < -0.39 is 11.9 Å². The van der Waals surface area contributed by atoms with E-state index >= 15 is 0 Å². The number of urea groups is 1. The van der Waals surface area contributed by atoms with Gasteiger partial charge in [-0.3, -0.25) is 9.69 Å². The minimum absolute atomic E-state index is 0.199. The molecule has 236 valence electrons. The van der Waals surface area contributed by atoms with Crippen LogP contribution in [0, 0.1) is 23.7 Å². The normalized spacial score (nSPS) is 15.7. The molecule has 0 aliphatic carbocycles. The van der Waals surface area contributed by atoms with E-state index in [0.717, 1.165) is 42.4 Å². The van der Waals surface area contributed by atoms with Gasteiger partial charge in [0.05, 0.1) is 5.92 Å². The summed E-state index contributed by atoms with van der Waals surface area (Å²) in [6.07, 6.45) is 2.20.